The minimum atomic E-state index is -4.20. The molecule has 3 rings (SSSR count). The highest BCUT2D eigenvalue weighted by atomic mass is 32.2. The summed E-state index contributed by atoms with van der Waals surface area (Å²) in [4.78, 5) is 12.5. The molecule has 3 aromatic carbocycles. The van der Waals surface area contributed by atoms with Gasteiger partial charge >= 0.3 is 0 Å². The summed E-state index contributed by atoms with van der Waals surface area (Å²) in [6, 6.07) is 19.2. The van der Waals surface area contributed by atoms with Crippen LogP contribution in [0, 0.1) is 12.7 Å². The molecule has 172 valence electrons. The molecule has 0 aromatic heterocycles. The zero-order valence-corrected chi connectivity index (χ0v) is 19.5. The highest BCUT2D eigenvalue weighted by Gasteiger charge is 2.29. The van der Waals surface area contributed by atoms with E-state index in [0.29, 0.717) is 5.92 Å². The topological polar surface area (TPSA) is 78.8 Å². The number of anilines is 1. The van der Waals surface area contributed by atoms with Crippen molar-refractivity contribution in [3.05, 3.63) is 95.3 Å². The number of carbonyl (C=O) groups excluding carboxylic acids is 1. The van der Waals surface area contributed by atoms with E-state index >= 15 is 0 Å². The highest BCUT2D eigenvalue weighted by Crippen LogP contribution is 2.26. The van der Waals surface area contributed by atoms with Crippen LogP contribution < -0.4 is 9.73 Å². The summed E-state index contributed by atoms with van der Waals surface area (Å²) in [5.74, 6) is -1.06. The van der Waals surface area contributed by atoms with Crippen molar-refractivity contribution < 1.29 is 17.6 Å². The maximum atomic E-state index is 14.5. The summed E-state index contributed by atoms with van der Waals surface area (Å²) < 4.78 is 41.8. The third-order valence-electron chi connectivity index (χ3n) is 5.02. The van der Waals surface area contributed by atoms with Gasteiger partial charge in [-0.15, -0.1) is 0 Å². The number of para-hydroxylation sites is 1. The van der Waals surface area contributed by atoms with Crippen LogP contribution in [0.3, 0.4) is 0 Å². The van der Waals surface area contributed by atoms with E-state index in [2.05, 4.69) is 24.4 Å². The Bertz CT molecular complexity index is 1240. The van der Waals surface area contributed by atoms with Crippen LogP contribution >= 0.6 is 0 Å². The van der Waals surface area contributed by atoms with E-state index in [0.717, 1.165) is 21.5 Å². The molecule has 33 heavy (non-hydrogen) atoms. The second-order valence-electron chi connectivity index (χ2n) is 7.89. The van der Waals surface area contributed by atoms with Crippen molar-refractivity contribution in [1.29, 1.82) is 0 Å². The molecule has 1 N–H and O–H groups in total. The molecule has 0 aliphatic heterocycles. The molecule has 0 aliphatic carbocycles. The molecule has 3 aromatic rings. The van der Waals surface area contributed by atoms with Crippen LogP contribution in [-0.2, 0) is 14.8 Å². The summed E-state index contributed by atoms with van der Waals surface area (Å²) in [6.07, 6.45) is 1.46. The van der Waals surface area contributed by atoms with E-state index in [1.54, 1.807) is 12.1 Å². The molecule has 0 aliphatic rings. The van der Waals surface area contributed by atoms with Crippen LogP contribution in [0.1, 0.15) is 36.5 Å². The SMILES string of the molecule is Cc1ccc(S(=O)(=O)N(CC(=O)N/N=C\c2ccc(C(C)C)cc2)c2ccccc2F)cc1. The Labute approximate surface area is 193 Å². The Hall–Kier alpha value is -3.52. The second kappa shape index (κ2) is 10.4. The molecular formula is C25H26FN3O3S. The molecular weight excluding hydrogens is 441 g/mol. The molecule has 0 saturated heterocycles. The molecule has 0 spiro atoms. The predicted octanol–water partition coefficient (Wildman–Crippen LogP) is 4.60. The van der Waals surface area contributed by atoms with Crippen LogP contribution in [0.25, 0.3) is 0 Å². The lowest BCUT2D eigenvalue weighted by molar-refractivity contribution is -0.119. The Morgan fingerprint density at radius 2 is 1.67 bits per heavy atom. The first kappa shape index (κ1) is 24.1. The molecule has 0 radical (unpaired) electrons. The van der Waals surface area contributed by atoms with Gasteiger partial charge in [0.2, 0.25) is 0 Å². The number of rotatable bonds is 8. The van der Waals surface area contributed by atoms with Crippen molar-refractivity contribution >= 4 is 27.8 Å². The van der Waals surface area contributed by atoms with Crippen molar-refractivity contribution in [2.24, 2.45) is 5.10 Å². The summed E-state index contributed by atoms with van der Waals surface area (Å²) in [7, 11) is -4.20. The molecule has 6 nitrogen and oxygen atoms in total. The van der Waals surface area contributed by atoms with E-state index in [4.69, 9.17) is 0 Å². The van der Waals surface area contributed by atoms with E-state index in [1.165, 1.54) is 42.1 Å². The number of nitrogens with zero attached hydrogens (tertiary/aromatic N) is 2. The quantitative estimate of drug-likeness (QED) is 0.388. The van der Waals surface area contributed by atoms with Gasteiger partial charge in [-0.25, -0.2) is 18.2 Å². The first-order valence-electron chi connectivity index (χ1n) is 10.4. The lowest BCUT2D eigenvalue weighted by Crippen LogP contribution is -2.40. The fourth-order valence-corrected chi connectivity index (χ4v) is 4.53. The average Bonchev–Trinajstić information content (AvgIpc) is 2.78. The Morgan fingerprint density at radius 3 is 2.27 bits per heavy atom. The van der Waals surface area contributed by atoms with Crippen LogP contribution in [0.2, 0.25) is 0 Å². The number of hydrogen-bond acceptors (Lipinski definition) is 4. The van der Waals surface area contributed by atoms with E-state index < -0.39 is 28.3 Å². The molecule has 0 heterocycles. The van der Waals surface area contributed by atoms with E-state index in [-0.39, 0.29) is 10.6 Å². The number of benzene rings is 3. The number of halogens is 1. The van der Waals surface area contributed by atoms with Gasteiger partial charge in [-0.2, -0.15) is 5.10 Å². The van der Waals surface area contributed by atoms with Crippen LogP contribution in [0.5, 0.6) is 0 Å². The number of carbonyl (C=O) groups is 1. The lowest BCUT2D eigenvalue weighted by Gasteiger charge is -2.24. The minimum Gasteiger partial charge on any atom is -0.271 e. The molecule has 0 atom stereocenters. The Balaban J connectivity index is 1.81. The van der Waals surface area contributed by atoms with Crippen molar-refractivity contribution in [3.63, 3.8) is 0 Å². The monoisotopic (exact) mass is 467 g/mol. The molecule has 0 fully saturated rings. The maximum Gasteiger partial charge on any atom is 0.264 e. The van der Waals surface area contributed by atoms with Gasteiger partial charge in [-0.1, -0.05) is 67.9 Å². The van der Waals surface area contributed by atoms with Crippen molar-refractivity contribution in [3.8, 4) is 0 Å². The normalized spacial score (nSPS) is 11.7. The van der Waals surface area contributed by atoms with Gasteiger partial charge in [-0.05, 0) is 48.2 Å². The maximum absolute atomic E-state index is 14.5. The summed E-state index contributed by atoms with van der Waals surface area (Å²) in [5.41, 5.74) is 4.93. The van der Waals surface area contributed by atoms with Crippen LogP contribution in [-0.4, -0.2) is 27.1 Å². The Kier molecular flexibility index (Phi) is 7.60. The van der Waals surface area contributed by atoms with Crippen molar-refractivity contribution in [2.75, 3.05) is 10.8 Å². The highest BCUT2D eigenvalue weighted by molar-refractivity contribution is 7.92. The van der Waals surface area contributed by atoms with Gasteiger partial charge in [-0.3, -0.25) is 9.10 Å². The van der Waals surface area contributed by atoms with Gasteiger partial charge in [0.05, 0.1) is 16.8 Å². The van der Waals surface area contributed by atoms with Crippen LogP contribution in [0.15, 0.2) is 82.8 Å². The first-order valence-corrected chi connectivity index (χ1v) is 11.9. The minimum absolute atomic E-state index is 0.0436. The largest absolute Gasteiger partial charge is 0.271 e. The van der Waals surface area contributed by atoms with Crippen molar-refractivity contribution in [1.82, 2.24) is 5.43 Å². The molecule has 0 saturated carbocycles. The van der Waals surface area contributed by atoms with Crippen molar-refractivity contribution in [2.45, 2.75) is 31.6 Å². The Morgan fingerprint density at radius 1 is 1.03 bits per heavy atom. The number of aryl methyl sites for hydroxylation is 1. The van der Waals surface area contributed by atoms with Gasteiger partial charge in [0.15, 0.2) is 0 Å². The number of nitrogens with one attached hydrogen (secondary N) is 1. The number of sulfonamides is 1. The standard InChI is InChI=1S/C25H26FN3O3S/c1-18(2)21-12-10-20(11-13-21)16-27-28-25(30)17-29(24-7-5-4-6-23(24)26)33(31,32)22-14-8-19(3)9-15-22/h4-16,18H,17H2,1-3H3,(H,28,30)/b27-16-. The third kappa shape index (κ3) is 6.04. The molecule has 8 heteroatoms. The van der Waals surface area contributed by atoms with E-state index in [9.17, 15) is 17.6 Å². The molecule has 0 unspecified atom stereocenters. The fraction of sp³-hybridized carbons (Fsp3) is 0.200. The fourth-order valence-electron chi connectivity index (χ4n) is 3.10. The predicted molar refractivity (Wildman–Crippen MR) is 128 cm³/mol. The summed E-state index contributed by atoms with van der Waals surface area (Å²) in [5, 5.41) is 3.91. The van der Waals surface area contributed by atoms with Gasteiger partial charge in [0.1, 0.15) is 12.4 Å². The smallest absolute Gasteiger partial charge is 0.264 e. The third-order valence-corrected chi connectivity index (χ3v) is 6.80. The number of hydrazone groups is 1. The number of hydrogen-bond donors (Lipinski definition) is 1. The van der Waals surface area contributed by atoms with Gasteiger partial charge in [0.25, 0.3) is 15.9 Å². The summed E-state index contributed by atoms with van der Waals surface area (Å²) >= 11 is 0. The van der Waals surface area contributed by atoms with Crippen LogP contribution in [0.4, 0.5) is 10.1 Å². The average molecular weight is 468 g/mol. The van der Waals surface area contributed by atoms with Gasteiger partial charge < -0.3 is 0 Å². The molecule has 0 bridgehead atoms. The zero-order valence-electron chi connectivity index (χ0n) is 18.7. The van der Waals surface area contributed by atoms with Gasteiger partial charge in [0, 0.05) is 0 Å². The first-order chi connectivity index (χ1) is 15.7. The zero-order chi connectivity index (χ0) is 24.0. The van der Waals surface area contributed by atoms with E-state index in [1.807, 2.05) is 31.2 Å². The summed E-state index contributed by atoms with van der Waals surface area (Å²) in [6.45, 7) is 5.37. The second-order valence-corrected chi connectivity index (χ2v) is 9.75. The lowest BCUT2D eigenvalue weighted by atomic mass is 10.0. The number of amides is 1. The molecule has 1 amide bonds.